The second kappa shape index (κ2) is 12.5. The maximum Gasteiger partial charge on any atom is 0.244 e. The zero-order valence-electron chi connectivity index (χ0n) is 19.7. The number of carbonyl (C=O) groups is 2. The van der Waals surface area contributed by atoms with Crippen LogP contribution in [0.3, 0.4) is 0 Å². The molecule has 0 saturated carbocycles. The first-order chi connectivity index (χ1) is 16.2. The molecule has 0 aliphatic heterocycles. The third-order valence-electron chi connectivity index (χ3n) is 5.10. The number of halogens is 4. The molecule has 1 unspecified atom stereocenters. The average molecular weight is 583 g/mol. The number of anilines is 1. The summed E-state index contributed by atoms with van der Waals surface area (Å²) in [7, 11) is -3.95. The predicted octanol–water partition coefficient (Wildman–Crippen LogP) is 5.26. The van der Waals surface area contributed by atoms with Crippen molar-refractivity contribution in [1.82, 2.24) is 10.2 Å². The highest BCUT2D eigenvalue weighted by Crippen LogP contribution is 2.31. The Bertz CT molecular complexity index is 1170. The van der Waals surface area contributed by atoms with Gasteiger partial charge in [0.25, 0.3) is 0 Å². The zero-order valence-corrected chi connectivity index (χ0v) is 23.5. The lowest BCUT2D eigenvalue weighted by Gasteiger charge is -2.32. The first-order valence-corrected chi connectivity index (χ1v) is 14.0. The molecule has 35 heavy (non-hydrogen) atoms. The van der Waals surface area contributed by atoms with Crippen molar-refractivity contribution < 1.29 is 18.0 Å². The van der Waals surface area contributed by atoms with Gasteiger partial charge in [0.2, 0.25) is 21.8 Å². The highest BCUT2D eigenvalue weighted by atomic mass is 35.5. The fourth-order valence-corrected chi connectivity index (χ4v) is 4.97. The lowest BCUT2D eigenvalue weighted by atomic mass is 10.1. The van der Waals surface area contributed by atoms with E-state index in [0.29, 0.717) is 22.2 Å². The second-order valence-corrected chi connectivity index (χ2v) is 12.0. The van der Waals surface area contributed by atoms with E-state index in [1.54, 1.807) is 25.1 Å². The van der Waals surface area contributed by atoms with E-state index < -0.39 is 34.4 Å². The number of nitrogens with zero attached hydrogens (tertiary/aromatic N) is 2. The molecule has 0 radical (unpaired) electrons. The minimum Gasteiger partial charge on any atom is -0.354 e. The van der Waals surface area contributed by atoms with E-state index in [1.807, 2.05) is 13.8 Å². The summed E-state index contributed by atoms with van der Waals surface area (Å²) in [5.41, 5.74) is 0.474. The van der Waals surface area contributed by atoms with Crippen LogP contribution in [-0.4, -0.2) is 50.5 Å². The van der Waals surface area contributed by atoms with Crippen molar-refractivity contribution >= 4 is 73.9 Å². The summed E-state index contributed by atoms with van der Waals surface area (Å²) in [5, 5.41) is 3.75. The lowest BCUT2D eigenvalue weighted by molar-refractivity contribution is -0.139. The number of benzene rings is 2. The topological polar surface area (TPSA) is 86.8 Å². The third-order valence-corrected chi connectivity index (χ3v) is 7.49. The van der Waals surface area contributed by atoms with E-state index in [2.05, 4.69) is 5.32 Å². The van der Waals surface area contributed by atoms with Crippen LogP contribution < -0.4 is 9.62 Å². The molecular weight excluding hydrogens is 556 g/mol. The predicted molar refractivity (Wildman–Crippen MR) is 143 cm³/mol. The van der Waals surface area contributed by atoms with Crippen molar-refractivity contribution in [2.75, 3.05) is 23.7 Å². The summed E-state index contributed by atoms with van der Waals surface area (Å²) in [6, 6.07) is 8.23. The van der Waals surface area contributed by atoms with E-state index >= 15 is 0 Å². The molecule has 0 aliphatic rings. The number of amides is 2. The molecule has 12 heteroatoms. The number of hydrogen-bond donors (Lipinski definition) is 1. The summed E-state index contributed by atoms with van der Waals surface area (Å²) < 4.78 is 26.1. The van der Waals surface area contributed by atoms with Crippen LogP contribution in [0.25, 0.3) is 0 Å². The monoisotopic (exact) mass is 581 g/mol. The number of carbonyl (C=O) groups excluding carboxylic acids is 2. The zero-order chi connectivity index (χ0) is 26.5. The molecule has 0 saturated heterocycles. The molecule has 0 aromatic heterocycles. The van der Waals surface area contributed by atoms with E-state index in [1.165, 1.54) is 23.1 Å². The molecule has 0 bridgehead atoms. The van der Waals surface area contributed by atoms with Crippen LogP contribution in [0.1, 0.15) is 26.3 Å². The number of hydrogen-bond acceptors (Lipinski definition) is 4. The Balaban J connectivity index is 2.47. The highest BCUT2D eigenvalue weighted by Gasteiger charge is 2.31. The summed E-state index contributed by atoms with van der Waals surface area (Å²) in [5.74, 6) is -0.865. The van der Waals surface area contributed by atoms with Crippen molar-refractivity contribution in [1.29, 1.82) is 0 Å². The minimum absolute atomic E-state index is 0.0441. The molecule has 192 valence electrons. The summed E-state index contributed by atoms with van der Waals surface area (Å²) in [6.45, 7) is 5.10. The minimum atomic E-state index is -3.95. The van der Waals surface area contributed by atoms with E-state index in [9.17, 15) is 18.0 Å². The Morgan fingerprint density at radius 3 is 2.11 bits per heavy atom. The fourth-order valence-electron chi connectivity index (χ4n) is 3.16. The average Bonchev–Trinajstić information content (AvgIpc) is 2.76. The SMILES string of the molecule is CC(C)CNC(=O)C(C)N(Cc1c(Cl)cccc1Cl)C(=O)CN(c1cc(Cl)ccc1Cl)S(C)(=O)=O. The first kappa shape index (κ1) is 29.5. The van der Waals surface area contributed by atoms with E-state index in [4.69, 9.17) is 46.4 Å². The largest absolute Gasteiger partial charge is 0.354 e. The van der Waals surface area contributed by atoms with Gasteiger partial charge in [-0.1, -0.05) is 66.3 Å². The van der Waals surface area contributed by atoms with Crippen LogP contribution >= 0.6 is 46.4 Å². The van der Waals surface area contributed by atoms with E-state index in [0.717, 1.165) is 10.6 Å². The van der Waals surface area contributed by atoms with Gasteiger partial charge in [0, 0.05) is 33.7 Å². The van der Waals surface area contributed by atoms with Gasteiger partial charge in [0.05, 0.1) is 17.0 Å². The Morgan fingerprint density at radius 1 is 0.971 bits per heavy atom. The van der Waals surface area contributed by atoms with Gasteiger partial charge >= 0.3 is 0 Å². The van der Waals surface area contributed by atoms with Gasteiger partial charge in [-0.15, -0.1) is 0 Å². The Labute approximate surface area is 226 Å². The molecule has 2 aromatic carbocycles. The fraction of sp³-hybridized carbons (Fsp3) is 0.391. The first-order valence-electron chi connectivity index (χ1n) is 10.6. The number of sulfonamides is 1. The molecule has 2 aromatic rings. The summed E-state index contributed by atoms with van der Waals surface area (Å²) in [4.78, 5) is 27.7. The van der Waals surface area contributed by atoms with Gasteiger partial charge < -0.3 is 10.2 Å². The standard InChI is InChI=1S/C23H27Cl4N3O4S/c1-14(2)11-28-23(32)15(3)29(12-17-18(25)6-5-7-19(17)26)22(31)13-30(35(4,33)34)21-10-16(24)8-9-20(21)27/h5-10,14-15H,11-13H2,1-4H3,(H,28,32). The molecule has 2 rings (SSSR count). The highest BCUT2D eigenvalue weighted by molar-refractivity contribution is 7.92. The van der Waals surface area contributed by atoms with Crippen molar-refractivity contribution in [2.45, 2.75) is 33.4 Å². The molecule has 0 fully saturated rings. The van der Waals surface area contributed by atoms with Gasteiger partial charge in [-0.3, -0.25) is 13.9 Å². The third kappa shape index (κ3) is 8.15. The van der Waals surface area contributed by atoms with Crippen molar-refractivity contribution in [3.63, 3.8) is 0 Å². The van der Waals surface area contributed by atoms with Crippen LogP contribution in [0.5, 0.6) is 0 Å². The van der Waals surface area contributed by atoms with Gasteiger partial charge in [-0.05, 0) is 43.2 Å². The second-order valence-electron chi connectivity index (χ2n) is 8.40. The normalized spacial score (nSPS) is 12.4. The van der Waals surface area contributed by atoms with Gasteiger partial charge in [0.15, 0.2) is 0 Å². The molecule has 0 aliphatic carbocycles. The van der Waals surface area contributed by atoms with Crippen LogP contribution in [0, 0.1) is 5.92 Å². The molecular formula is C23H27Cl4N3O4S. The Hall–Kier alpha value is -1.71. The van der Waals surface area contributed by atoms with Crippen LogP contribution in [0.4, 0.5) is 5.69 Å². The molecule has 7 nitrogen and oxygen atoms in total. The van der Waals surface area contributed by atoms with E-state index in [-0.39, 0.29) is 28.2 Å². The lowest BCUT2D eigenvalue weighted by Crippen LogP contribution is -2.51. The summed E-state index contributed by atoms with van der Waals surface area (Å²) >= 11 is 24.9. The van der Waals surface area contributed by atoms with Crippen molar-refractivity contribution in [3.8, 4) is 0 Å². The maximum absolute atomic E-state index is 13.6. The van der Waals surface area contributed by atoms with Crippen LogP contribution in [0.2, 0.25) is 20.1 Å². The number of rotatable bonds is 10. The Morgan fingerprint density at radius 2 is 1.57 bits per heavy atom. The maximum atomic E-state index is 13.6. The van der Waals surface area contributed by atoms with Crippen molar-refractivity contribution in [2.24, 2.45) is 5.92 Å². The van der Waals surface area contributed by atoms with Gasteiger partial charge in [-0.25, -0.2) is 8.42 Å². The van der Waals surface area contributed by atoms with Crippen molar-refractivity contribution in [3.05, 3.63) is 62.1 Å². The Kier molecular flexibility index (Phi) is 10.5. The molecule has 2 amide bonds. The van der Waals surface area contributed by atoms with Gasteiger partial charge in [0.1, 0.15) is 12.6 Å². The smallest absolute Gasteiger partial charge is 0.244 e. The molecule has 0 heterocycles. The summed E-state index contributed by atoms with van der Waals surface area (Å²) in [6.07, 6.45) is 0.950. The number of nitrogens with one attached hydrogen (secondary N) is 1. The molecule has 0 spiro atoms. The van der Waals surface area contributed by atoms with Crippen LogP contribution in [-0.2, 0) is 26.2 Å². The molecule has 1 atom stereocenters. The van der Waals surface area contributed by atoms with Crippen LogP contribution in [0.15, 0.2) is 36.4 Å². The van der Waals surface area contributed by atoms with Gasteiger partial charge in [-0.2, -0.15) is 0 Å². The quantitative estimate of drug-likeness (QED) is 0.414. The molecule has 1 N–H and O–H groups in total.